The summed E-state index contributed by atoms with van der Waals surface area (Å²) in [7, 11) is 0. The highest BCUT2D eigenvalue weighted by Gasteiger charge is 2.25. The first-order valence-corrected chi connectivity index (χ1v) is 16.3. The van der Waals surface area contributed by atoms with E-state index in [9.17, 15) is 4.79 Å². The van der Waals surface area contributed by atoms with Crippen LogP contribution in [-0.2, 0) is 6.42 Å². The molecular weight excluding hydrogens is 507 g/mol. The number of rotatable bonds is 15. The monoisotopic (exact) mass is 556 g/mol. The lowest BCUT2D eigenvalue weighted by molar-refractivity contribution is 0.0734. The number of aryl methyl sites for hydroxylation is 1. The molecule has 0 atom stereocenters. The molecule has 2 nitrogen and oxygen atoms in total. The van der Waals surface area contributed by atoms with Crippen molar-refractivity contribution in [1.82, 2.24) is 0 Å². The molecule has 0 aliphatic heterocycles. The normalized spacial score (nSPS) is 17.0. The van der Waals surface area contributed by atoms with Gasteiger partial charge in [-0.1, -0.05) is 114 Å². The molecule has 41 heavy (non-hydrogen) atoms. The quantitative estimate of drug-likeness (QED) is 0.106. The zero-order valence-electron chi connectivity index (χ0n) is 25.3. The molecule has 3 aromatic rings. The lowest BCUT2D eigenvalue weighted by Gasteiger charge is -2.29. The van der Waals surface area contributed by atoms with Crippen LogP contribution in [0.5, 0.6) is 5.75 Å². The number of halogens is 1. The van der Waals surface area contributed by atoms with Crippen LogP contribution >= 0.6 is 0 Å². The second-order valence-corrected chi connectivity index (χ2v) is 12.1. The molecule has 0 bridgehead atoms. The Morgan fingerprint density at radius 3 is 2.00 bits per heavy atom. The van der Waals surface area contributed by atoms with Crippen LogP contribution in [0.15, 0.2) is 66.7 Å². The zero-order valence-corrected chi connectivity index (χ0v) is 25.3. The molecule has 0 aromatic heterocycles. The number of unbranched alkanes of at least 4 members (excludes halogenated alkanes) is 7. The van der Waals surface area contributed by atoms with Crippen LogP contribution < -0.4 is 4.74 Å². The number of carbonyl (C=O) groups excluding carboxylic acids is 1. The van der Waals surface area contributed by atoms with Crippen molar-refractivity contribution >= 4 is 5.97 Å². The van der Waals surface area contributed by atoms with E-state index in [2.05, 4.69) is 38.1 Å². The molecule has 1 saturated carbocycles. The Bertz CT molecular complexity index is 1190. The molecule has 0 N–H and O–H groups in total. The maximum Gasteiger partial charge on any atom is 0.343 e. The third kappa shape index (κ3) is 9.55. The van der Waals surface area contributed by atoms with Gasteiger partial charge in [-0.05, 0) is 96.9 Å². The summed E-state index contributed by atoms with van der Waals surface area (Å²) in [5.74, 6) is 0.688. The van der Waals surface area contributed by atoms with Crippen LogP contribution in [-0.4, -0.2) is 5.97 Å². The van der Waals surface area contributed by atoms with Crippen molar-refractivity contribution in [1.29, 1.82) is 0 Å². The summed E-state index contributed by atoms with van der Waals surface area (Å²) in [6.45, 7) is 4.48. The molecule has 1 aliphatic carbocycles. The van der Waals surface area contributed by atoms with Gasteiger partial charge in [-0.15, -0.1) is 0 Å². The van der Waals surface area contributed by atoms with E-state index >= 15 is 4.39 Å². The lowest BCUT2D eigenvalue weighted by Crippen LogP contribution is -2.15. The Balaban J connectivity index is 1.25. The molecule has 0 heterocycles. The summed E-state index contributed by atoms with van der Waals surface area (Å²) < 4.78 is 20.7. The minimum Gasteiger partial charge on any atom is -0.423 e. The Morgan fingerprint density at radius 1 is 0.732 bits per heavy atom. The summed E-state index contributed by atoms with van der Waals surface area (Å²) in [6, 6.07) is 21.1. The molecule has 1 aliphatic rings. The number of hydrogen-bond donors (Lipinski definition) is 0. The van der Waals surface area contributed by atoms with Gasteiger partial charge in [-0.2, -0.15) is 0 Å². The van der Waals surface area contributed by atoms with Gasteiger partial charge in [0.25, 0.3) is 0 Å². The molecule has 1 fully saturated rings. The van der Waals surface area contributed by atoms with Crippen molar-refractivity contribution in [3.63, 3.8) is 0 Å². The van der Waals surface area contributed by atoms with Crippen LogP contribution in [0.3, 0.4) is 0 Å². The zero-order chi connectivity index (χ0) is 28.9. The molecule has 0 saturated heterocycles. The van der Waals surface area contributed by atoms with E-state index < -0.39 is 5.97 Å². The largest absolute Gasteiger partial charge is 0.423 e. The molecule has 3 aromatic carbocycles. The molecular formula is C38H49FO2. The summed E-state index contributed by atoms with van der Waals surface area (Å²) in [6.07, 6.45) is 18.7. The number of carbonyl (C=O) groups is 1. The van der Waals surface area contributed by atoms with Gasteiger partial charge in [0.05, 0.1) is 5.56 Å². The average molecular weight is 557 g/mol. The van der Waals surface area contributed by atoms with Gasteiger partial charge in [0, 0.05) is 0 Å². The smallest absolute Gasteiger partial charge is 0.343 e. The number of hydrogen-bond acceptors (Lipinski definition) is 2. The van der Waals surface area contributed by atoms with Gasteiger partial charge in [0.2, 0.25) is 0 Å². The van der Waals surface area contributed by atoms with Crippen LogP contribution in [0.2, 0.25) is 0 Å². The second-order valence-electron chi connectivity index (χ2n) is 12.1. The molecule has 0 spiro atoms. The van der Waals surface area contributed by atoms with E-state index in [-0.39, 0.29) is 17.3 Å². The van der Waals surface area contributed by atoms with Crippen molar-refractivity contribution in [3.8, 4) is 16.9 Å². The minimum atomic E-state index is -0.526. The molecule has 3 heteroatoms. The van der Waals surface area contributed by atoms with Gasteiger partial charge in [0.15, 0.2) is 0 Å². The van der Waals surface area contributed by atoms with Crippen molar-refractivity contribution in [2.24, 2.45) is 5.92 Å². The highest BCUT2D eigenvalue weighted by atomic mass is 19.1. The highest BCUT2D eigenvalue weighted by molar-refractivity contribution is 5.91. The Hall–Kier alpha value is -2.94. The first kappa shape index (κ1) is 31.0. The summed E-state index contributed by atoms with van der Waals surface area (Å²) in [5.41, 5.74) is 4.58. The summed E-state index contributed by atoms with van der Waals surface area (Å²) in [4.78, 5) is 12.8. The van der Waals surface area contributed by atoms with Gasteiger partial charge >= 0.3 is 5.97 Å². The van der Waals surface area contributed by atoms with Crippen LogP contribution in [0.25, 0.3) is 11.1 Å². The van der Waals surface area contributed by atoms with Crippen molar-refractivity contribution < 1.29 is 13.9 Å². The van der Waals surface area contributed by atoms with Gasteiger partial charge in [0.1, 0.15) is 11.6 Å². The maximum absolute atomic E-state index is 15.1. The number of esters is 1. The SMILES string of the molecule is CCCCCCCCC1CCC(c2ccc(C(=O)Oc3ccc(-c4ccc(CCCCC)cc4)cc3)cc2F)CC1. The Morgan fingerprint density at radius 2 is 1.34 bits per heavy atom. The summed E-state index contributed by atoms with van der Waals surface area (Å²) >= 11 is 0. The van der Waals surface area contributed by atoms with E-state index in [1.807, 2.05) is 12.1 Å². The molecule has 4 rings (SSSR count). The Labute approximate surface area is 247 Å². The predicted molar refractivity (Wildman–Crippen MR) is 169 cm³/mol. The standard InChI is InChI=1S/C38H49FO2/c1-3-5-7-8-9-11-13-30-16-20-33(21-17-30)36-27-24-34(28-37(36)39)38(40)41-35-25-22-32(23-26-35)31-18-14-29(15-19-31)12-10-6-4-2/h14-15,18-19,22-28,30,33H,3-13,16-17,20-21H2,1-2H3. The topological polar surface area (TPSA) is 26.3 Å². The predicted octanol–water partition coefficient (Wildman–Crippen LogP) is 11.5. The fraction of sp³-hybridized carbons (Fsp3) is 0.500. The third-order valence-electron chi connectivity index (χ3n) is 8.91. The maximum atomic E-state index is 15.1. The van der Waals surface area contributed by atoms with Crippen LogP contribution in [0, 0.1) is 11.7 Å². The van der Waals surface area contributed by atoms with Crippen molar-refractivity contribution in [2.75, 3.05) is 0 Å². The number of ether oxygens (including phenoxy) is 1. The molecule has 0 radical (unpaired) electrons. The third-order valence-corrected chi connectivity index (χ3v) is 8.91. The van der Waals surface area contributed by atoms with Gasteiger partial charge in [-0.25, -0.2) is 9.18 Å². The van der Waals surface area contributed by atoms with Gasteiger partial charge < -0.3 is 4.74 Å². The van der Waals surface area contributed by atoms with E-state index in [0.717, 1.165) is 41.9 Å². The fourth-order valence-electron chi connectivity index (χ4n) is 6.29. The number of benzene rings is 3. The van der Waals surface area contributed by atoms with Gasteiger partial charge in [-0.3, -0.25) is 0 Å². The van der Waals surface area contributed by atoms with Crippen LogP contribution in [0.1, 0.15) is 131 Å². The van der Waals surface area contributed by atoms with E-state index in [1.54, 1.807) is 24.3 Å². The Kier molecular flexibility index (Phi) is 12.5. The summed E-state index contributed by atoms with van der Waals surface area (Å²) in [5, 5.41) is 0. The van der Waals surface area contributed by atoms with Crippen LogP contribution in [0.4, 0.5) is 4.39 Å². The lowest BCUT2D eigenvalue weighted by atomic mass is 9.76. The van der Waals surface area contributed by atoms with E-state index in [1.165, 1.54) is 88.7 Å². The fourth-order valence-corrected chi connectivity index (χ4v) is 6.29. The minimum absolute atomic E-state index is 0.249. The van der Waals surface area contributed by atoms with E-state index in [4.69, 9.17) is 4.74 Å². The molecule has 0 amide bonds. The first-order chi connectivity index (χ1) is 20.1. The molecule has 0 unspecified atom stereocenters. The molecule has 220 valence electrons. The first-order valence-electron chi connectivity index (χ1n) is 16.3. The second kappa shape index (κ2) is 16.5. The van der Waals surface area contributed by atoms with Crippen molar-refractivity contribution in [2.45, 2.75) is 116 Å². The highest BCUT2D eigenvalue weighted by Crippen LogP contribution is 2.39. The van der Waals surface area contributed by atoms with E-state index in [0.29, 0.717) is 5.75 Å². The average Bonchev–Trinajstić information content (AvgIpc) is 3.00. The van der Waals surface area contributed by atoms with Crippen molar-refractivity contribution in [3.05, 3.63) is 89.2 Å².